The monoisotopic (exact) mass is 478 g/mol. The Labute approximate surface area is 198 Å². The SMILES string of the molecule is CC(=O)Nc1ccc(NC(=O)C(C)Sc2nc3sc(C)c(-c4ccccc4)c3c(=O)[nH]2)cc1. The highest BCUT2D eigenvalue weighted by Gasteiger charge is 2.20. The molecule has 7 nitrogen and oxygen atoms in total. The molecule has 33 heavy (non-hydrogen) atoms. The number of aromatic amines is 1. The number of H-pyrrole nitrogens is 1. The van der Waals surface area contributed by atoms with Gasteiger partial charge in [0.25, 0.3) is 5.56 Å². The molecule has 0 saturated heterocycles. The van der Waals surface area contributed by atoms with Gasteiger partial charge in [0, 0.05) is 28.7 Å². The zero-order chi connectivity index (χ0) is 23.5. The average molecular weight is 479 g/mol. The van der Waals surface area contributed by atoms with Crippen molar-refractivity contribution in [2.24, 2.45) is 0 Å². The first-order chi connectivity index (χ1) is 15.8. The molecule has 0 radical (unpaired) electrons. The van der Waals surface area contributed by atoms with Gasteiger partial charge in [-0.15, -0.1) is 11.3 Å². The minimum absolute atomic E-state index is 0.160. The fourth-order valence-electron chi connectivity index (χ4n) is 3.41. The van der Waals surface area contributed by atoms with E-state index in [2.05, 4.69) is 20.6 Å². The van der Waals surface area contributed by atoms with Gasteiger partial charge >= 0.3 is 0 Å². The van der Waals surface area contributed by atoms with Crippen molar-refractivity contribution in [3.05, 3.63) is 69.8 Å². The average Bonchev–Trinajstić information content (AvgIpc) is 3.11. The van der Waals surface area contributed by atoms with Gasteiger partial charge in [-0.2, -0.15) is 0 Å². The second-order valence-corrected chi connectivity index (χ2v) is 9.99. The summed E-state index contributed by atoms with van der Waals surface area (Å²) in [7, 11) is 0. The molecule has 0 saturated carbocycles. The van der Waals surface area contributed by atoms with E-state index in [1.54, 1.807) is 31.2 Å². The van der Waals surface area contributed by atoms with Crippen molar-refractivity contribution in [1.82, 2.24) is 9.97 Å². The first-order valence-corrected chi connectivity index (χ1v) is 12.0. The minimum Gasteiger partial charge on any atom is -0.326 e. The number of hydrogen-bond acceptors (Lipinski definition) is 6. The molecule has 0 fully saturated rings. The Morgan fingerprint density at radius 2 is 1.67 bits per heavy atom. The number of hydrogen-bond donors (Lipinski definition) is 3. The summed E-state index contributed by atoms with van der Waals surface area (Å²) in [6.07, 6.45) is 0. The second kappa shape index (κ2) is 9.60. The highest BCUT2D eigenvalue weighted by molar-refractivity contribution is 8.00. The van der Waals surface area contributed by atoms with E-state index < -0.39 is 5.25 Å². The van der Waals surface area contributed by atoms with Gasteiger partial charge in [0.05, 0.1) is 10.6 Å². The van der Waals surface area contributed by atoms with Gasteiger partial charge in [0.15, 0.2) is 5.16 Å². The fourth-order valence-corrected chi connectivity index (χ4v) is 5.31. The zero-order valence-corrected chi connectivity index (χ0v) is 19.9. The van der Waals surface area contributed by atoms with Crippen LogP contribution >= 0.6 is 23.1 Å². The smallest absolute Gasteiger partial charge is 0.260 e. The maximum absolute atomic E-state index is 12.9. The van der Waals surface area contributed by atoms with Crippen LogP contribution in [-0.4, -0.2) is 27.0 Å². The summed E-state index contributed by atoms with van der Waals surface area (Å²) < 4.78 is 0. The third-order valence-electron chi connectivity index (χ3n) is 4.91. The number of rotatable bonds is 6. The number of carbonyl (C=O) groups is 2. The first-order valence-electron chi connectivity index (χ1n) is 10.3. The normalized spacial score (nSPS) is 11.8. The molecule has 2 aromatic carbocycles. The molecule has 2 aromatic heterocycles. The van der Waals surface area contributed by atoms with Crippen molar-refractivity contribution in [2.75, 3.05) is 10.6 Å². The molecule has 0 spiro atoms. The summed E-state index contributed by atoms with van der Waals surface area (Å²) in [5.41, 5.74) is 2.92. The molecule has 0 aliphatic heterocycles. The van der Waals surface area contributed by atoms with E-state index in [4.69, 9.17) is 0 Å². The Bertz CT molecular complexity index is 1380. The lowest BCUT2D eigenvalue weighted by molar-refractivity contribution is -0.115. The van der Waals surface area contributed by atoms with Crippen molar-refractivity contribution in [3.8, 4) is 11.1 Å². The van der Waals surface area contributed by atoms with Crippen LogP contribution in [0.1, 0.15) is 18.7 Å². The number of aromatic nitrogens is 2. The summed E-state index contributed by atoms with van der Waals surface area (Å²) in [4.78, 5) is 45.8. The van der Waals surface area contributed by atoms with Gasteiger partial charge in [-0.1, -0.05) is 42.1 Å². The van der Waals surface area contributed by atoms with E-state index in [-0.39, 0.29) is 17.4 Å². The number of amides is 2. The van der Waals surface area contributed by atoms with Crippen molar-refractivity contribution >= 4 is 56.5 Å². The fraction of sp³-hybridized carbons (Fsp3) is 0.167. The molecule has 1 unspecified atom stereocenters. The Hall–Kier alpha value is -3.43. The minimum atomic E-state index is -0.490. The van der Waals surface area contributed by atoms with E-state index in [1.165, 1.54) is 30.0 Å². The molecule has 3 N–H and O–H groups in total. The molecule has 1 atom stereocenters. The van der Waals surface area contributed by atoms with Crippen molar-refractivity contribution < 1.29 is 9.59 Å². The molecule has 0 bridgehead atoms. The van der Waals surface area contributed by atoms with Crippen LogP contribution in [-0.2, 0) is 9.59 Å². The van der Waals surface area contributed by atoms with Crippen molar-refractivity contribution in [3.63, 3.8) is 0 Å². The Kier molecular flexibility index (Phi) is 6.62. The van der Waals surface area contributed by atoms with E-state index >= 15 is 0 Å². The molecule has 4 rings (SSSR count). The van der Waals surface area contributed by atoms with Gasteiger partial charge in [0.1, 0.15) is 4.83 Å². The van der Waals surface area contributed by atoms with Crippen LogP contribution in [0.25, 0.3) is 21.3 Å². The summed E-state index contributed by atoms with van der Waals surface area (Å²) in [6, 6.07) is 16.6. The standard InChI is InChI=1S/C24H22N4O3S2/c1-13-19(16-7-5-4-6-8-16)20-22(31)27-24(28-23(20)32-13)33-14(2)21(30)26-18-11-9-17(10-12-18)25-15(3)29/h4-12,14H,1-3H3,(H,25,29)(H,26,30)(H,27,28,31). The van der Waals surface area contributed by atoms with Gasteiger partial charge in [-0.3, -0.25) is 14.4 Å². The number of thioether (sulfide) groups is 1. The predicted octanol–water partition coefficient (Wildman–Crippen LogP) is 5.04. The molecule has 0 aliphatic carbocycles. The van der Waals surface area contributed by atoms with Crippen molar-refractivity contribution in [1.29, 1.82) is 0 Å². The molecule has 9 heteroatoms. The summed E-state index contributed by atoms with van der Waals surface area (Å²) in [5.74, 6) is -0.380. The number of fused-ring (bicyclic) bond motifs is 1. The molecule has 4 aromatic rings. The lowest BCUT2D eigenvalue weighted by atomic mass is 10.0. The largest absolute Gasteiger partial charge is 0.326 e. The van der Waals surface area contributed by atoms with Gasteiger partial charge in [0.2, 0.25) is 11.8 Å². The first kappa shape index (κ1) is 22.8. The maximum Gasteiger partial charge on any atom is 0.260 e. The number of carbonyl (C=O) groups excluding carboxylic acids is 2. The Morgan fingerprint density at radius 3 is 2.30 bits per heavy atom. The molecule has 2 amide bonds. The number of thiophene rings is 1. The maximum atomic E-state index is 12.9. The quantitative estimate of drug-likeness (QED) is 0.266. The molecule has 168 valence electrons. The Balaban J connectivity index is 1.51. The third-order valence-corrected chi connectivity index (χ3v) is 6.89. The van der Waals surface area contributed by atoms with Crippen molar-refractivity contribution in [2.45, 2.75) is 31.2 Å². The number of nitrogens with zero attached hydrogens (tertiary/aromatic N) is 1. The van der Waals surface area contributed by atoms with E-state index in [0.29, 0.717) is 26.7 Å². The highest BCUT2D eigenvalue weighted by atomic mass is 32.2. The van der Waals surface area contributed by atoms with Crippen LogP contribution in [0.3, 0.4) is 0 Å². The van der Waals surface area contributed by atoms with E-state index in [1.807, 2.05) is 37.3 Å². The van der Waals surface area contributed by atoms with E-state index in [0.717, 1.165) is 16.0 Å². The lowest BCUT2D eigenvalue weighted by Crippen LogP contribution is -2.23. The third kappa shape index (κ3) is 5.15. The van der Waals surface area contributed by atoms with Gasteiger partial charge in [-0.05, 0) is 43.7 Å². The van der Waals surface area contributed by atoms with Crippen LogP contribution in [0.5, 0.6) is 0 Å². The van der Waals surface area contributed by atoms with Crippen LogP contribution < -0.4 is 16.2 Å². The number of benzene rings is 2. The number of nitrogens with one attached hydrogen (secondary N) is 3. The van der Waals surface area contributed by atoms with E-state index in [9.17, 15) is 14.4 Å². The molecular formula is C24H22N4O3S2. The Morgan fingerprint density at radius 1 is 1.03 bits per heavy atom. The van der Waals surface area contributed by atoms with Gasteiger partial charge in [-0.25, -0.2) is 4.98 Å². The topological polar surface area (TPSA) is 104 Å². The highest BCUT2D eigenvalue weighted by Crippen LogP contribution is 2.36. The summed E-state index contributed by atoms with van der Waals surface area (Å²) in [6.45, 7) is 5.17. The number of anilines is 2. The molecule has 0 aliphatic rings. The lowest BCUT2D eigenvalue weighted by Gasteiger charge is -2.12. The predicted molar refractivity (Wildman–Crippen MR) is 135 cm³/mol. The summed E-state index contributed by atoms with van der Waals surface area (Å²) in [5, 5.41) is 6.00. The molecular weight excluding hydrogens is 456 g/mol. The van der Waals surface area contributed by atoms with Crippen LogP contribution in [0.4, 0.5) is 11.4 Å². The zero-order valence-electron chi connectivity index (χ0n) is 18.3. The van der Waals surface area contributed by atoms with Crippen LogP contribution in [0, 0.1) is 6.92 Å². The summed E-state index contributed by atoms with van der Waals surface area (Å²) >= 11 is 2.66. The van der Waals surface area contributed by atoms with Crippen LogP contribution in [0.15, 0.2) is 64.5 Å². The number of aryl methyl sites for hydroxylation is 1. The van der Waals surface area contributed by atoms with Crippen LogP contribution in [0.2, 0.25) is 0 Å². The second-order valence-electron chi connectivity index (χ2n) is 7.46. The molecule has 2 heterocycles. The van der Waals surface area contributed by atoms with Gasteiger partial charge < -0.3 is 15.6 Å².